The van der Waals surface area contributed by atoms with Crippen LogP contribution in [0.2, 0.25) is 10.0 Å². The summed E-state index contributed by atoms with van der Waals surface area (Å²) >= 11 is 13.3. The number of carbonyl (C=O) groups is 2. The van der Waals surface area contributed by atoms with Crippen LogP contribution >= 0.6 is 35.0 Å². The number of carbonyl (C=O) groups excluding carboxylic acids is 2. The number of amides is 2. The average Bonchev–Trinajstić information content (AvgIpc) is 3.40. The molecule has 1 N–H and O–H groups in total. The van der Waals surface area contributed by atoms with Gasteiger partial charge in [0.1, 0.15) is 0 Å². The molecule has 0 saturated heterocycles. The quantitative estimate of drug-likeness (QED) is 0.598. The predicted molar refractivity (Wildman–Crippen MR) is 109 cm³/mol. The molecule has 11 heteroatoms. The second kappa shape index (κ2) is 9.58. The molecule has 1 aromatic heterocycles. The van der Waals surface area contributed by atoms with Crippen LogP contribution in [0.4, 0.5) is 5.69 Å². The standard InChI is InChI=1S/C17H20Cl2N6O2S/c1-2-7-24(9-15(26)20-14-8-11(18)3-6-13(14)19)16(27)10-28-17-21-22-23-25(17)12-4-5-12/h3,6,8,12H,2,4-5,7,9-10H2,1H3,(H,20,26). The Morgan fingerprint density at radius 3 is 2.86 bits per heavy atom. The van der Waals surface area contributed by atoms with Crippen molar-refractivity contribution in [2.24, 2.45) is 0 Å². The molecule has 1 heterocycles. The molecule has 0 unspecified atom stereocenters. The highest BCUT2D eigenvalue weighted by atomic mass is 35.5. The Kier molecular flexibility index (Phi) is 7.14. The minimum Gasteiger partial charge on any atom is -0.333 e. The number of nitrogens with zero attached hydrogens (tertiary/aromatic N) is 5. The predicted octanol–water partition coefficient (Wildman–Crippen LogP) is 3.28. The third-order valence-electron chi connectivity index (χ3n) is 4.06. The molecule has 0 atom stereocenters. The molecule has 1 saturated carbocycles. The first-order valence-electron chi connectivity index (χ1n) is 8.91. The monoisotopic (exact) mass is 442 g/mol. The number of hydrogen-bond donors (Lipinski definition) is 1. The van der Waals surface area contributed by atoms with E-state index in [1.54, 1.807) is 22.9 Å². The minimum atomic E-state index is -0.334. The highest BCUT2D eigenvalue weighted by molar-refractivity contribution is 7.99. The Labute approximate surface area is 176 Å². The summed E-state index contributed by atoms with van der Waals surface area (Å²) in [6.45, 7) is 2.36. The second-order valence-electron chi connectivity index (χ2n) is 6.41. The van der Waals surface area contributed by atoms with Gasteiger partial charge in [-0.25, -0.2) is 4.68 Å². The molecule has 8 nitrogen and oxygen atoms in total. The maximum absolute atomic E-state index is 12.6. The molecular weight excluding hydrogens is 423 g/mol. The van der Waals surface area contributed by atoms with Crippen LogP contribution in [0, 0.1) is 0 Å². The van der Waals surface area contributed by atoms with E-state index in [1.165, 1.54) is 16.7 Å². The Bertz CT molecular complexity index is 858. The zero-order valence-corrected chi connectivity index (χ0v) is 17.6. The lowest BCUT2D eigenvalue weighted by atomic mass is 10.3. The van der Waals surface area contributed by atoms with Crippen molar-refractivity contribution >= 4 is 52.5 Å². The molecule has 150 valence electrons. The lowest BCUT2D eigenvalue weighted by Gasteiger charge is -2.21. The van der Waals surface area contributed by atoms with Crippen LogP contribution in [-0.2, 0) is 9.59 Å². The zero-order valence-electron chi connectivity index (χ0n) is 15.3. The van der Waals surface area contributed by atoms with Crippen molar-refractivity contribution in [1.29, 1.82) is 0 Å². The molecule has 3 rings (SSSR count). The number of rotatable bonds is 9. The van der Waals surface area contributed by atoms with Crippen molar-refractivity contribution in [3.8, 4) is 0 Å². The third-order valence-corrected chi connectivity index (χ3v) is 5.55. The van der Waals surface area contributed by atoms with Gasteiger partial charge in [-0.15, -0.1) is 5.10 Å². The summed E-state index contributed by atoms with van der Waals surface area (Å²) in [5.41, 5.74) is 0.418. The van der Waals surface area contributed by atoms with Crippen molar-refractivity contribution in [3.05, 3.63) is 28.2 Å². The van der Waals surface area contributed by atoms with E-state index >= 15 is 0 Å². The van der Waals surface area contributed by atoms with Crippen LogP contribution < -0.4 is 5.32 Å². The first-order chi connectivity index (χ1) is 13.5. The van der Waals surface area contributed by atoms with E-state index in [0.717, 1.165) is 19.3 Å². The van der Waals surface area contributed by atoms with Crippen LogP contribution in [0.1, 0.15) is 32.2 Å². The molecule has 0 radical (unpaired) electrons. The average molecular weight is 443 g/mol. The number of halogens is 2. The molecular formula is C17H20Cl2N6O2S. The number of tetrazole rings is 1. The summed E-state index contributed by atoms with van der Waals surface area (Å²) in [5.74, 6) is -0.318. The number of thioether (sulfide) groups is 1. The summed E-state index contributed by atoms with van der Waals surface area (Å²) < 4.78 is 1.76. The van der Waals surface area contributed by atoms with Crippen LogP contribution in [0.5, 0.6) is 0 Å². The summed E-state index contributed by atoms with van der Waals surface area (Å²) in [5, 5.41) is 15.8. The SMILES string of the molecule is CCCN(CC(=O)Nc1cc(Cl)ccc1Cl)C(=O)CSc1nnnn1C1CC1. The van der Waals surface area contributed by atoms with Crippen LogP contribution in [0.15, 0.2) is 23.4 Å². The first-order valence-corrected chi connectivity index (χ1v) is 10.7. The van der Waals surface area contributed by atoms with Crippen molar-refractivity contribution in [3.63, 3.8) is 0 Å². The summed E-state index contributed by atoms with van der Waals surface area (Å²) in [6.07, 6.45) is 2.85. The van der Waals surface area contributed by atoms with Crippen LogP contribution in [0.25, 0.3) is 0 Å². The van der Waals surface area contributed by atoms with Gasteiger partial charge in [0.05, 0.1) is 29.0 Å². The van der Waals surface area contributed by atoms with E-state index in [-0.39, 0.29) is 24.1 Å². The number of aromatic nitrogens is 4. The molecule has 28 heavy (non-hydrogen) atoms. The Morgan fingerprint density at radius 2 is 2.14 bits per heavy atom. The summed E-state index contributed by atoms with van der Waals surface area (Å²) in [6, 6.07) is 5.16. The van der Waals surface area contributed by atoms with Gasteiger partial charge >= 0.3 is 0 Å². The van der Waals surface area contributed by atoms with E-state index in [4.69, 9.17) is 23.2 Å². The number of anilines is 1. The van der Waals surface area contributed by atoms with E-state index in [1.807, 2.05) is 6.92 Å². The molecule has 2 amide bonds. The second-order valence-corrected chi connectivity index (χ2v) is 8.20. The normalized spacial score (nSPS) is 13.4. The molecule has 1 aromatic carbocycles. The van der Waals surface area contributed by atoms with Gasteiger partial charge in [-0.2, -0.15) is 0 Å². The van der Waals surface area contributed by atoms with Gasteiger partial charge in [-0.1, -0.05) is 41.9 Å². The molecule has 1 aliphatic rings. The lowest BCUT2D eigenvalue weighted by Crippen LogP contribution is -2.39. The highest BCUT2D eigenvalue weighted by Gasteiger charge is 2.28. The molecule has 0 aliphatic heterocycles. The Hall–Kier alpha value is -1.84. The zero-order chi connectivity index (χ0) is 20.1. The fraction of sp³-hybridized carbons (Fsp3) is 0.471. The van der Waals surface area contributed by atoms with Crippen LogP contribution in [0.3, 0.4) is 0 Å². The maximum Gasteiger partial charge on any atom is 0.244 e. The van der Waals surface area contributed by atoms with Crippen molar-refractivity contribution in [1.82, 2.24) is 25.1 Å². The fourth-order valence-corrected chi connectivity index (χ4v) is 3.75. The number of nitrogens with one attached hydrogen (secondary N) is 1. The van der Waals surface area contributed by atoms with Crippen molar-refractivity contribution < 1.29 is 9.59 Å². The lowest BCUT2D eigenvalue weighted by molar-refractivity contribution is -0.132. The third kappa shape index (κ3) is 5.59. The molecule has 0 spiro atoms. The highest BCUT2D eigenvalue weighted by Crippen LogP contribution is 2.36. The van der Waals surface area contributed by atoms with Crippen molar-refractivity contribution in [2.45, 2.75) is 37.4 Å². The molecule has 0 bridgehead atoms. The molecule has 1 aliphatic carbocycles. The number of hydrogen-bond acceptors (Lipinski definition) is 6. The van der Waals surface area contributed by atoms with Gasteiger partial charge in [0, 0.05) is 11.6 Å². The van der Waals surface area contributed by atoms with Gasteiger partial charge in [0.2, 0.25) is 17.0 Å². The van der Waals surface area contributed by atoms with Gasteiger partial charge < -0.3 is 10.2 Å². The van der Waals surface area contributed by atoms with Crippen LogP contribution in [-0.4, -0.2) is 55.8 Å². The van der Waals surface area contributed by atoms with Gasteiger partial charge in [0.15, 0.2) is 0 Å². The summed E-state index contributed by atoms with van der Waals surface area (Å²) in [4.78, 5) is 26.6. The van der Waals surface area contributed by atoms with Gasteiger partial charge in [-0.05, 0) is 47.9 Å². The maximum atomic E-state index is 12.6. The van der Waals surface area contributed by atoms with E-state index in [9.17, 15) is 9.59 Å². The largest absolute Gasteiger partial charge is 0.333 e. The van der Waals surface area contributed by atoms with E-state index < -0.39 is 0 Å². The van der Waals surface area contributed by atoms with Gasteiger partial charge in [-0.3, -0.25) is 9.59 Å². The Morgan fingerprint density at radius 1 is 1.36 bits per heavy atom. The Balaban J connectivity index is 1.57. The molecule has 1 fully saturated rings. The van der Waals surface area contributed by atoms with Gasteiger partial charge in [0.25, 0.3) is 0 Å². The number of benzene rings is 1. The first kappa shape index (κ1) is 20.9. The summed E-state index contributed by atoms with van der Waals surface area (Å²) in [7, 11) is 0. The topological polar surface area (TPSA) is 93.0 Å². The van der Waals surface area contributed by atoms with E-state index in [2.05, 4.69) is 20.8 Å². The fourth-order valence-electron chi connectivity index (χ4n) is 2.56. The molecule has 2 aromatic rings. The van der Waals surface area contributed by atoms with Crippen molar-refractivity contribution in [2.75, 3.05) is 24.2 Å². The smallest absolute Gasteiger partial charge is 0.244 e. The van der Waals surface area contributed by atoms with E-state index in [0.29, 0.717) is 33.5 Å². The minimum absolute atomic E-state index is 0.0658.